The first kappa shape index (κ1) is 20.6. The van der Waals surface area contributed by atoms with Gasteiger partial charge in [-0.2, -0.15) is 44.6 Å². The average molecular weight is 405 g/mol. The van der Waals surface area contributed by atoms with Crippen molar-refractivity contribution in [3.05, 3.63) is 47.3 Å². The Morgan fingerprint density at radius 2 is 1.41 bits per heavy atom. The summed E-state index contributed by atoms with van der Waals surface area (Å²) in [6.45, 7) is -0.853. The molecule has 0 saturated heterocycles. The minimum absolute atomic E-state index is 0.126. The highest BCUT2D eigenvalue weighted by atomic mass is 19.4. The van der Waals surface area contributed by atoms with Crippen LogP contribution in [0.3, 0.4) is 0 Å². The number of hydrogen-bond acceptors (Lipinski definition) is 2. The Bertz CT molecular complexity index is 801. The van der Waals surface area contributed by atoms with Crippen molar-refractivity contribution in [2.45, 2.75) is 25.1 Å². The van der Waals surface area contributed by atoms with Crippen LogP contribution in [0.2, 0.25) is 0 Å². The molecule has 0 spiro atoms. The van der Waals surface area contributed by atoms with E-state index in [9.17, 15) is 44.3 Å². The molecule has 0 fully saturated rings. The van der Waals surface area contributed by atoms with E-state index in [2.05, 4.69) is 5.10 Å². The second kappa shape index (κ2) is 6.78. The van der Waals surface area contributed by atoms with E-state index in [0.717, 1.165) is 6.20 Å². The number of rotatable bonds is 3. The highest BCUT2D eigenvalue weighted by Gasteiger charge is 2.37. The van der Waals surface area contributed by atoms with Gasteiger partial charge in [0.05, 0.1) is 11.1 Å². The van der Waals surface area contributed by atoms with E-state index in [0.29, 0.717) is 10.7 Å². The zero-order valence-electron chi connectivity index (χ0n) is 12.8. The first-order valence-electron chi connectivity index (χ1n) is 6.86. The molecule has 2 rings (SSSR count). The van der Waals surface area contributed by atoms with E-state index in [-0.39, 0.29) is 18.2 Å². The average Bonchev–Trinajstić information content (AvgIpc) is 2.93. The fourth-order valence-electron chi connectivity index (χ4n) is 1.98. The maximum Gasteiger partial charge on any atom is 0.435 e. The van der Waals surface area contributed by atoms with Crippen LogP contribution in [0.25, 0.3) is 0 Å². The van der Waals surface area contributed by atoms with Crippen molar-refractivity contribution in [2.24, 2.45) is 0 Å². The van der Waals surface area contributed by atoms with E-state index in [4.69, 9.17) is 0 Å². The molecule has 0 radical (unpaired) electrons. The van der Waals surface area contributed by atoms with Gasteiger partial charge in [0, 0.05) is 11.9 Å². The Hall–Kier alpha value is -2.73. The van der Waals surface area contributed by atoms with Crippen LogP contribution >= 0.6 is 0 Å². The number of anilines is 1. The van der Waals surface area contributed by atoms with Gasteiger partial charge in [0.1, 0.15) is 6.54 Å². The SMILES string of the molecule is O=C(Cn1ccc(C(F)(F)F)n1)Nc1cc(C(F)(F)F)cc(C(F)(F)F)c1. The molecule has 1 N–H and O–H groups in total. The summed E-state index contributed by atoms with van der Waals surface area (Å²) in [4.78, 5) is 11.7. The summed E-state index contributed by atoms with van der Waals surface area (Å²) < 4.78 is 114. The second-order valence-electron chi connectivity index (χ2n) is 5.24. The molecule has 0 unspecified atom stereocenters. The van der Waals surface area contributed by atoms with E-state index < -0.39 is 53.5 Å². The second-order valence-corrected chi connectivity index (χ2v) is 5.24. The van der Waals surface area contributed by atoms with Crippen LogP contribution in [-0.4, -0.2) is 15.7 Å². The van der Waals surface area contributed by atoms with Crippen molar-refractivity contribution in [3.8, 4) is 0 Å². The summed E-state index contributed by atoms with van der Waals surface area (Å²) in [6, 6.07) is 0.979. The molecule has 27 heavy (non-hydrogen) atoms. The van der Waals surface area contributed by atoms with Gasteiger partial charge in [-0.1, -0.05) is 0 Å². The number of aromatic nitrogens is 2. The van der Waals surface area contributed by atoms with Crippen LogP contribution < -0.4 is 5.32 Å². The van der Waals surface area contributed by atoms with Crippen molar-refractivity contribution in [1.82, 2.24) is 9.78 Å². The van der Waals surface area contributed by atoms with Crippen LogP contribution in [0.4, 0.5) is 45.2 Å². The minimum atomic E-state index is -5.11. The van der Waals surface area contributed by atoms with Gasteiger partial charge in [-0.3, -0.25) is 9.48 Å². The standard InChI is InChI=1S/C14H8F9N3O/c15-12(16,17)7-3-8(13(18,19)20)5-9(4-7)24-11(27)6-26-2-1-10(25-26)14(21,22)23/h1-5H,6H2,(H,24,27). The molecular formula is C14H8F9N3O. The molecule has 0 aliphatic carbocycles. The molecule has 1 heterocycles. The Morgan fingerprint density at radius 1 is 0.889 bits per heavy atom. The smallest absolute Gasteiger partial charge is 0.324 e. The summed E-state index contributed by atoms with van der Waals surface area (Å²) in [6.07, 6.45) is -14.2. The normalized spacial score (nSPS) is 12.9. The Balaban J connectivity index is 2.23. The number of amides is 1. The molecule has 0 saturated carbocycles. The van der Waals surface area contributed by atoms with Crippen molar-refractivity contribution >= 4 is 11.6 Å². The largest absolute Gasteiger partial charge is 0.435 e. The first-order chi connectivity index (χ1) is 12.2. The number of benzene rings is 1. The van der Waals surface area contributed by atoms with Gasteiger partial charge in [-0.25, -0.2) is 0 Å². The summed E-state index contributed by atoms with van der Waals surface area (Å²) in [7, 11) is 0. The van der Waals surface area contributed by atoms with Gasteiger partial charge in [0.15, 0.2) is 5.69 Å². The number of carbonyl (C=O) groups is 1. The number of halogens is 9. The van der Waals surface area contributed by atoms with Crippen molar-refractivity contribution in [3.63, 3.8) is 0 Å². The number of carbonyl (C=O) groups excluding carboxylic acids is 1. The summed E-state index contributed by atoms with van der Waals surface area (Å²) in [5, 5.41) is 4.83. The molecule has 4 nitrogen and oxygen atoms in total. The Morgan fingerprint density at radius 3 is 1.81 bits per heavy atom. The number of nitrogens with one attached hydrogen (secondary N) is 1. The van der Waals surface area contributed by atoms with Gasteiger partial charge in [-0.05, 0) is 24.3 Å². The fourth-order valence-corrected chi connectivity index (χ4v) is 1.98. The molecule has 0 bridgehead atoms. The van der Waals surface area contributed by atoms with Crippen LogP contribution in [0.5, 0.6) is 0 Å². The molecule has 0 aliphatic heterocycles. The third-order valence-electron chi connectivity index (χ3n) is 3.11. The predicted octanol–water partition coefficient (Wildman–Crippen LogP) is 4.58. The quantitative estimate of drug-likeness (QED) is 0.761. The lowest BCUT2D eigenvalue weighted by Gasteiger charge is -2.14. The monoisotopic (exact) mass is 405 g/mol. The molecule has 13 heteroatoms. The van der Waals surface area contributed by atoms with Crippen LogP contribution in [0, 0.1) is 0 Å². The minimum Gasteiger partial charge on any atom is -0.324 e. The molecule has 2 aromatic rings. The van der Waals surface area contributed by atoms with Gasteiger partial charge < -0.3 is 5.32 Å². The van der Waals surface area contributed by atoms with Crippen molar-refractivity contribution in [1.29, 1.82) is 0 Å². The Labute approximate surface area is 144 Å². The molecule has 1 aromatic carbocycles. The maximum atomic E-state index is 12.7. The van der Waals surface area contributed by atoms with E-state index >= 15 is 0 Å². The lowest BCUT2D eigenvalue weighted by molar-refractivity contribution is -0.143. The van der Waals surface area contributed by atoms with E-state index in [1.807, 2.05) is 0 Å². The number of nitrogens with zero attached hydrogens (tertiary/aromatic N) is 2. The van der Waals surface area contributed by atoms with Crippen LogP contribution in [0.1, 0.15) is 16.8 Å². The lowest BCUT2D eigenvalue weighted by Crippen LogP contribution is -2.21. The summed E-state index contributed by atoms with van der Waals surface area (Å²) in [5.74, 6) is -1.17. The van der Waals surface area contributed by atoms with Crippen LogP contribution in [-0.2, 0) is 29.9 Å². The fraction of sp³-hybridized carbons (Fsp3) is 0.286. The van der Waals surface area contributed by atoms with E-state index in [1.54, 1.807) is 5.32 Å². The lowest BCUT2D eigenvalue weighted by atomic mass is 10.1. The summed E-state index contributed by atoms with van der Waals surface area (Å²) >= 11 is 0. The van der Waals surface area contributed by atoms with Gasteiger partial charge in [-0.15, -0.1) is 0 Å². The van der Waals surface area contributed by atoms with E-state index in [1.165, 1.54) is 0 Å². The summed E-state index contributed by atoms with van der Waals surface area (Å²) in [5.41, 5.74) is -5.42. The topological polar surface area (TPSA) is 46.9 Å². The van der Waals surface area contributed by atoms with Gasteiger partial charge in [0.25, 0.3) is 0 Å². The molecule has 0 atom stereocenters. The molecular weight excluding hydrogens is 397 g/mol. The van der Waals surface area contributed by atoms with Gasteiger partial charge >= 0.3 is 18.5 Å². The van der Waals surface area contributed by atoms with Crippen molar-refractivity contribution in [2.75, 3.05) is 5.32 Å². The van der Waals surface area contributed by atoms with Gasteiger partial charge in [0.2, 0.25) is 5.91 Å². The zero-order chi connectivity index (χ0) is 20.6. The molecule has 148 valence electrons. The highest BCUT2D eigenvalue weighted by Crippen LogP contribution is 2.37. The third kappa shape index (κ3) is 5.37. The number of alkyl halides is 9. The molecule has 0 aliphatic rings. The zero-order valence-corrected chi connectivity index (χ0v) is 12.8. The third-order valence-corrected chi connectivity index (χ3v) is 3.11. The maximum absolute atomic E-state index is 12.7. The van der Waals surface area contributed by atoms with Crippen LogP contribution in [0.15, 0.2) is 30.5 Å². The molecule has 1 aromatic heterocycles. The first-order valence-corrected chi connectivity index (χ1v) is 6.86. The highest BCUT2D eigenvalue weighted by molar-refractivity contribution is 5.90. The molecule has 1 amide bonds. The predicted molar refractivity (Wildman–Crippen MR) is 72.3 cm³/mol. The van der Waals surface area contributed by atoms with Crippen molar-refractivity contribution < 1.29 is 44.3 Å². The Kier molecular flexibility index (Phi) is 5.16. The number of hydrogen-bond donors (Lipinski definition) is 1.